The van der Waals surface area contributed by atoms with E-state index in [1.54, 1.807) is 18.2 Å². The molecule has 5 nitrogen and oxygen atoms in total. The molecule has 126 valence electrons. The second-order valence-electron chi connectivity index (χ2n) is 5.61. The van der Waals surface area contributed by atoms with Crippen molar-refractivity contribution >= 4 is 44.9 Å². The van der Waals surface area contributed by atoms with Crippen LogP contribution in [0, 0.1) is 6.92 Å². The van der Waals surface area contributed by atoms with E-state index >= 15 is 0 Å². The van der Waals surface area contributed by atoms with Gasteiger partial charge in [0.15, 0.2) is 5.76 Å². The Morgan fingerprint density at radius 1 is 1.33 bits per heavy atom. The number of carbonyl (C=O) groups excluding carboxylic acids is 1. The molecule has 0 aliphatic carbocycles. The molecule has 24 heavy (non-hydrogen) atoms. The standard InChI is InChI=1S/C17H18ClN3O2S/c1-3-4-5-6-14-20-21-17(24-14)19-16(22)15-10(2)12-9-11(18)7-8-13(12)23-15/h7-9H,3-6H2,1-2H3,(H,19,21,22). The Hall–Kier alpha value is -1.92. The predicted octanol–water partition coefficient (Wildman–Crippen LogP) is 5.23. The van der Waals surface area contributed by atoms with Gasteiger partial charge in [-0.3, -0.25) is 10.1 Å². The highest BCUT2D eigenvalue weighted by molar-refractivity contribution is 7.15. The summed E-state index contributed by atoms with van der Waals surface area (Å²) >= 11 is 7.41. The van der Waals surface area contributed by atoms with Crippen LogP contribution in [0.1, 0.15) is 47.3 Å². The summed E-state index contributed by atoms with van der Waals surface area (Å²) in [5, 5.41) is 13.8. The number of nitrogens with zero attached hydrogens (tertiary/aromatic N) is 2. The van der Waals surface area contributed by atoms with Crippen LogP contribution < -0.4 is 5.32 Å². The number of amides is 1. The molecule has 0 saturated carbocycles. The second kappa shape index (κ2) is 7.32. The van der Waals surface area contributed by atoms with Gasteiger partial charge < -0.3 is 4.42 Å². The molecule has 0 fully saturated rings. The van der Waals surface area contributed by atoms with Crippen molar-refractivity contribution in [3.63, 3.8) is 0 Å². The molecule has 3 rings (SSSR count). The Morgan fingerprint density at radius 2 is 2.17 bits per heavy atom. The van der Waals surface area contributed by atoms with Crippen molar-refractivity contribution < 1.29 is 9.21 Å². The van der Waals surface area contributed by atoms with E-state index in [0.29, 0.717) is 15.7 Å². The summed E-state index contributed by atoms with van der Waals surface area (Å²) in [6.45, 7) is 4.00. The fourth-order valence-electron chi connectivity index (χ4n) is 2.49. The fraction of sp³-hybridized carbons (Fsp3) is 0.353. The normalized spacial score (nSPS) is 11.1. The number of aromatic nitrogens is 2. The third-order valence-corrected chi connectivity index (χ3v) is 4.92. The van der Waals surface area contributed by atoms with E-state index in [4.69, 9.17) is 16.0 Å². The van der Waals surface area contributed by atoms with E-state index in [9.17, 15) is 4.79 Å². The Kier molecular flexibility index (Phi) is 5.16. The lowest BCUT2D eigenvalue weighted by atomic mass is 10.1. The second-order valence-corrected chi connectivity index (χ2v) is 7.11. The summed E-state index contributed by atoms with van der Waals surface area (Å²) in [6, 6.07) is 5.29. The van der Waals surface area contributed by atoms with Crippen LogP contribution >= 0.6 is 22.9 Å². The molecule has 0 saturated heterocycles. The molecule has 0 unspecified atom stereocenters. The Morgan fingerprint density at radius 3 is 2.96 bits per heavy atom. The lowest BCUT2D eigenvalue weighted by Crippen LogP contribution is -2.11. The summed E-state index contributed by atoms with van der Waals surface area (Å²) in [4.78, 5) is 12.5. The van der Waals surface area contributed by atoms with E-state index in [1.165, 1.54) is 17.8 Å². The third-order valence-electron chi connectivity index (χ3n) is 3.79. The summed E-state index contributed by atoms with van der Waals surface area (Å²) in [5.74, 6) is -0.0499. The molecule has 0 bridgehead atoms. The molecule has 3 aromatic rings. The van der Waals surface area contributed by atoms with Crippen LogP contribution in [0.3, 0.4) is 0 Å². The molecule has 0 spiro atoms. The van der Waals surface area contributed by atoms with Gasteiger partial charge in [-0.25, -0.2) is 0 Å². The maximum Gasteiger partial charge on any atom is 0.293 e. The van der Waals surface area contributed by atoms with Crippen LogP contribution in [0.25, 0.3) is 11.0 Å². The third kappa shape index (κ3) is 3.60. The number of fused-ring (bicyclic) bond motifs is 1. The molecular formula is C17H18ClN3O2S. The number of halogens is 1. The van der Waals surface area contributed by atoms with Gasteiger partial charge in [0.1, 0.15) is 10.6 Å². The summed E-state index contributed by atoms with van der Waals surface area (Å²) in [7, 11) is 0. The van der Waals surface area contributed by atoms with Gasteiger partial charge in [0.2, 0.25) is 5.13 Å². The van der Waals surface area contributed by atoms with Gasteiger partial charge in [-0.05, 0) is 31.5 Å². The van der Waals surface area contributed by atoms with Crippen LogP contribution in [0.4, 0.5) is 5.13 Å². The number of nitrogens with one attached hydrogen (secondary N) is 1. The van der Waals surface area contributed by atoms with Crippen molar-refractivity contribution in [3.05, 3.63) is 39.6 Å². The monoisotopic (exact) mass is 363 g/mol. The fourth-order valence-corrected chi connectivity index (χ4v) is 3.44. The summed E-state index contributed by atoms with van der Waals surface area (Å²) in [5.41, 5.74) is 1.40. The zero-order valence-corrected chi connectivity index (χ0v) is 15.1. The van der Waals surface area contributed by atoms with Crippen LogP contribution in [0.2, 0.25) is 5.02 Å². The van der Waals surface area contributed by atoms with E-state index in [2.05, 4.69) is 22.4 Å². The van der Waals surface area contributed by atoms with Crippen molar-refractivity contribution in [3.8, 4) is 0 Å². The number of aryl methyl sites for hydroxylation is 2. The van der Waals surface area contributed by atoms with Gasteiger partial charge in [0, 0.05) is 22.4 Å². The summed E-state index contributed by atoms with van der Waals surface area (Å²) < 4.78 is 5.66. The lowest BCUT2D eigenvalue weighted by molar-refractivity contribution is 0.0998. The number of rotatable bonds is 6. The highest BCUT2D eigenvalue weighted by Crippen LogP contribution is 2.28. The smallest absolute Gasteiger partial charge is 0.293 e. The molecule has 7 heteroatoms. The van der Waals surface area contributed by atoms with Gasteiger partial charge >= 0.3 is 0 Å². The lowest BCUT2D eigenvalue weighted by Gasteiger charge is -1.98. The predicted molar refractivity (Wildman–Crippen MR) is 97.1 cm³/mol. The van der Waals surface area contributed by atoms with E-state index in [-0.39, 0.29) is 11.7 Å². The molecule has 0 atom stereocenters. The minimum atomic E-state index is -0.323. The van der Waals surface area contributed by atoms with Crippen LogP contribution in [0.5, 0.6) is 0 Å². The molecule has 0 radical (unpaired) electrons. The van der Waals surface area contributed by atoms with Crippen molar-refractivity contribution in [1.29, 1.82) is 0 Å². The maximum absolute atomic E-state index is 12.5. The number of hydrogen-bond acceptors (Lipinski definition) is 5. The van der Waals surface area contributed by atoms with Gasteiger partial charge in [-0.2, -0.15) is 0 Å². The Balaban J connectivity index is 1.74. The van der Waals surface area contributed by atoms with E-state index in [1.807, 2.05) is 6.92 Å². The van der Waals surface area contributed by atoms with Crippen molar-refractivity contribution in [2.24, 2.45) is 0 Å². The van der Waals surface area contributed by atoms with Gasteiger partial charge in [-0.1, -0.05) is 42.7 Å². The minimum Gasteiger partial charge on any atom is -0.451 e. The van der Waals surface area contributed by atoms with E-state index in [0.717, 1.165) is 35.2 Å². The maximum atomic E-state index is 12.5. The zero-order valence-electron chi connectivity index (χ0n) is 13.6. The first-order valence-corrected chi connectivity index (χ1v) is 9.10. The number of hydrogen-bond donors (Lipinski definition) is 1. The molecular weight excluding hydrogens is 346 g/mol. The SMILES string of the molecule is CCCCCc1nnc(NC(=O)c2oc3ccc(Cl)cc3c2C)s1. The molecule has 1 amide bonds. The molecule has 0 aliphatic rings. The quantitative estimate of drug-likeness (QED) is 0.609. The molecule has 0 aliphatic heterocycles. The van der Waals surface area contributed by atoms with Crippen molar-refractivity contribution in [1.82, 2.24) is 10.2 Å². The average molecular weight is 364 g/mol. The number of furan rings is 1. The largest absolute Gasteiger partial charge is 0.451 e. The number of unbranched alkanes of at least 4 members (excludes halogenated alkanes) is 2. The van der Waals surface area contributed by atoms with Gasteiger partial charge in [0.05, 0.1) is 0 Å². The number of carbonyl (C=O) groups is 1. The van der Waals surface area contributed by atoms with Gasteiger partial charge in [0.25, 0.3) is 5.91 Å². The Labute approximate surface area is 149 Å². The minimum absolute atomic E-state index is 0.273. The van der Waals surface area contributed by atoms with Crippen molar-refractivity contribution in [2.75, 3.05) is 5.32 Å². The number of anilines is 1. The summed E-state index contributed by atoms with van der Waals surface area (Å²) in [6.07, 6.45) is 4.31. The first kappa shape index (κ1) is 16.9. The van der Waals surface area contributed by atoms with Crippen molar-refractivity contribution in [2.45, 2.75) is 39.5 Å². The van der Waals surface area contributed by atoms with Gasteiger partial charge in [-0.15, -0.1) is 10.2 Å². The Bertz CT molecular complexity index is 872. The molecule has 2 aromatic heterocycles. The highest BCUT2D eigenvalue weighted by atomic mass is 35.5. The molecule has 1 N–H and O–H groups in total. The first-order valence-electron chi connectivity index (χ1n) is 7.91. The molecule has 1 aromatic carbocycles. The van der Waals surface area contributed by atoms with Crippen LogP contribution in [-0.2, 0) is 6.42 Å². The van der Waals surface area contributed by atoms with Crippen LogP contribution in [-0.4, -0.2) is 16.1 Å². The number of benzene rings is 1. The zero-order chi connectivity index (χ0) is 17.1. The van der Waals surface area contributed by atoms with E-state index < -0.39 is 0 Å². The first-order chi connectivity index (χ1) is 11.6. The van der Waals surface area contributed by atoms with Crippen LogP contribution in [0.15, 0.2) is 22.6 Å². The topological polar surface area (TPSA) is 68.0 Å². The highest BCUT2D eigenvalue weighted by Gasteiger charge is 2.19. The average Bonchev–Trinajstić information content (AvgIpc) is 3.13. The molecule has 2 heterocycles.